The smallest absolute Gasteiger partial charge is 0.357 e. The lowest BCUT2D eigenvalue weighted by Crippen LogP contribution is -2.13. The van der Waals surface area contributed by atoms with Crippen molar-refractivity contribution in [3.05, 3.63) is 23.9 Å². The molecule has 1 rings (SSSR count). The molecular weight excluding hydrogens is 188 g/mol. The molecule has 1 atom stereocenters. The third-order valence-corrected chi connectivity index (χ3v) is 2.24. The van der Waals surface area contributed by atoms with E-state index < -0.39 is 5.97 Å². The summed E-state index contributed by atoms with van der Waals surface area (Å²) in [4.78, 5) is 14.4. The van der Waals surface area contributed by atoms with E-state index in [0.29, 0.717) is 5.00 Å². The first-order chi connectivity index (χ1) is 6.15. The molecule has 0 saturated heterocycles. The molecule has 1 unspecified atom stereocenters. The molecular formula is C8H10N2O2S. The van der Waals surface area contributed by atoms with Crippen LogP contribution in [0.2, 0.25) is 0 Å². The minimum atomic E-state index is -1.01. The molecule has 1 aromatic rings. The van der Waals surface area contributed by atoms with Gasteiger partial charge in [-0.05, 0) is 6.92 Å². The fourth-order valence-corrected chi connectivity index (χ4v) is 1.54. The molecule has 1 aromatic heterocycles. The number of hydrogen-bond donors (Lipinski definition) is 2. The Bertz CT molecular complexity index is 322. The van der Waals surface area contributed by atoms with E-state index in [2.05, 4.69) is 16.9 Å². The van der Waals surface area contributed by atoms with Crippen molar-refractivity contribution in [2.75, 3.05) is 5.32 Å². The fraction of sp³-hybridized carbons (Fsp3) is 0.250. The lowest BCUT2D eigenvalue weighted by molar-refractivity contribution is 0.0692. The van der Waals surface area contributed by atoms with Gasteiger partial charge in [0.2, 0.25) is 0 Å². The van der Waals surface area contributed by atoms with Crippen molar-refractivity contribution in [3.8, 4) is 0 Å². The molecule has 0 aliphatic heterocycles. The van der Waals surface area contributed by atoms with Gasteiger partial charge in [0.05, 0.1) is 5.51 Å². The highest BCUT2D eigenvalue weighted by Crippen LogP contribution is 2.20. The largest absolute Gasteiger partial charge is 0.476 e. The molecule has 0 aliphatic carbocycles. The van der Waals surface area contributed by atoms with Crippen LogP contribution < -0.4 is 5.32 Å². The van der Waals surface area contributed by atoms with Crippen LogP contribution in [0.15, 0.2) is 18.2 Å². The summed E-state index contributed by atoms with van der Waals surface area (Å²) in [6.45, 7) is 5.48. The van der Waals surface area contributed by atoms with E-state index in [1.54, 1.807) is 6.08 Å². The minimum absolute atomic E-state index is 0.0403. The number of carboxylic acids is 1. The quantitative estimate of drug-likeness (QED) is 0.724. The Kier molecular flexibility index (Phi) is 3.02. The van der Waals surface area contributed by atoms with Crippen LogP contribution in [-0.4, -0.2) is 22.1 Å². The van der Waals surface area contributed by atoms with Gasteiger partial charge >= 0.3 is 5.97 Å². The summed E-state index contributed by atoms with van der Waals surface area (Å²) in [7, 11) is 0. The van der Waals surface area contributed by atoms with Crippen LogP contribution in [0.5, 0.6) is 0 Å². The van der Waals surface area contributed by atoms with E-state index in [9.17, 15) is 4.79 Å². The van der Waals surface area contributed by atoms with Gasteiger partial charge in [-0.2, -0.15) is 0 Å². The second-order valence-corrected chi connectivity index (χ2v) is 3.36. The molecule has 2 N–H and O–H groups in total. The summed E-state index contributed by atoms with van der Waals surface area (Å²) in [6.07, 6.45) is 1.70. The van der Waals surface area contributed by atoms with Crippen LogP contribution >= 0.6 is 11.3 Å². The Morgan fingerprint density at radius 2 is 2.62 bits per heavy atom. The zero-order valence-corrected chi connectivity index (χ0v) is 7.97. The summed E-state index contributed by atoms with van der Waals surface area (Å²) in [5, 5.41) is 12.3. The van der Waals surface area contributed by atoms with Gasteiger partial charge in [-0.25, -0.2) is 9.78 Å². The maximum Gasteiger partial charge on any atom is 0.357 e. The maximum absolute atomic E-state index is 10.6. The van der Waals surface area contributed by atoms with Crippen LogP contribution in [0.3, 0.4) is 0 Å². The molecule has 70 valence electrons. The van der Waals surface area contributed by atoms with Crippen LogP contribution in [0.4, 0.5) is 5.00 Å². The Labute approximate surface area is 79.9 Å². The van der Waals surface area contributed by atoms with Crippen LogP contribution in [-0.2, 0) is 0 Å². The maximum atomic E-state index is 10.6. The second kappa shape index (κ2) is 4.04. The third-order valence-electron chi connectivity index (χ3n) is 1.48. The first kappa shape index (κ1) is 9.73. The molecule has 1 heterocycles. The predicted octanol–water partition coefficient (Wildman–Crippen LogP) is 1.83. The predicted molar refractivity (Wildman–Crippen MR) is 52.4 cm³/mol. The van der Waals surface area contributed by atoms with Gasteiger partial charge in [0.15, 0.2) is 5.69 Å². The Morgan fingerprint density at radius 3 is 3.15 bits per heavy atom. The molecule has 5 heteroatoms. The van der Waals surface area contributed by atoms with Gasteiger partial charge in [-0.1, -0.05) is 6.08 Å². The summed E-state index contributed by atoms with van der Waals surface area (Å²) in [5.41, 5.74) is 1.57. The normalized spacial score (nSPS) is 12.1. The molecule has 0 spiro atoms. The third kappa shape index (κ3) is 2.29. The van der Waals surface area contributed by atoms with Crippen molar-refractivity contribution in [1.82, 2.24) is 4.98 Å². The number of carboxylic acid groups (broad SMARTS) is 1. The SMILES string of the molecule is C=CC(C)Nc1scnc1C(=O)O. The molecule has 0 radical (unpaired) electrons. The van der Waals surface area contributed by atoms with Gasteiger partial charge in [-0.15, -0.1) is 17.9 Å². The van der Waals surface area contributed by atoms with Gasteiger partial charge < -0.3 is 10.4 Å². The molecule has 0 fully saturated rings. The average molecular weight is 198 g/mol. The Morgan fingerprint density at radius 1 is 1.92 bits per heavy atom. The highest BCUT2D eigenvalue weighted by molar-refractivity contribution is 7.14. The number of nitrogens with one attached hydrogen (secondary N) is 1. The number of anilines is 1. The molecule has 0 bridgehead atoms. The first-order valence-electron chi connectivity index (χ1n) is 3.71. The van der Waals surface area contributed by atoms with Crippen molar-refractivity contribution in [3.63, 3.8) is 0 Å². The molecule has 0 aromatic carbocycles. The minimum Gasteiger partial charge on any atom is -0.476 e. The Balaban J connectivity index is 2.82. The monoisotopic (exact) mass is 198 g/mol. The highest BCUT2D eigenvalue weighted by Gasteiger charge is 2.13. The van der Waals surface area contributed by atoms with E-state index in [1.807, 2.05) is 6.92 Å². The number of rotatable bonds is 4. The Hall–Kier alpha value is -1.36. The zero-order valence-electron chi connectivity index (χ0n) is 7.15. The highest BCUT2D eigenvalue weighted by atomic mass is 32.1. The number of hydrogen-bond acceptors (Lipinski definition) is 4. The van der Waals surface area contributed by atoms with Crippen LogP contribution in [0.25, 0.3) is 0 Å². The van der Waals surface area contributed by atoms with Crippen molar-refractivity contribution < 1.29 is 9.90 Å². The molecule has 0 aliphatic rings. The summed E-state index contributed by atoms with van der Waals surface area (Å²) in [5.74, 6) is -1.01. The number of thiazole rings is 1. The van der Waals surface area contributed by atoms with Crippen molar-refractivity contribution in [2.45, 2.75) is 13.0 Å². The van der Waals surface area contributed by atoms with Crippen molar-refractivity contribution in [2.24, 2.45) is 0 Å². The van der Waals surface area contributed by atoms with Crippen LogP contribution in [0, 0.1) is 0 Å². The molecule has 13 heavy (non-hydrogen) atoms. The van der Waals surface area contributed by atoms with E-state index in [4.69, 9.17) is 5.11 Å². The molecule has 0 saturated carbocycles. The topological polar surface area (TPSA) is 62.2 Å². The fourth-order valence-electron chi connectivity index (χ4n) is 0.767. The lowest BCUT2D eigenvalue weighted by atomic mass is 10.3. The number of nitrogens with zero attached hydrogens (tertiary/aromatic N) is 1. The molecule has 0 amide bonds. The van der Waals surface area contributed by atoms with Crippen molar-refractivity contribution in [1.29, 1.82) is 0 Å². The average Bonchev–Trinajstić information content (AvgIpc) is 2.52. The van der Waals surface area contributed by atoms with E-state index >= 15 is 0 Å². The zero-order chi connectivity index (χ0) is 9.84. The summed E-state index contributed by atoms with van der Waals surface area (Å²) < 4.78 is 0. The summed E-state index contributed by atoms with van der Waals surface area (Å²) in [6, 6.07) is 0.0403. The van der Waals surface area contributed by atoms with Gasteiger partial charge in [0.25, 0.3) is 0 Å². The van der Waals surface area contributed by atoms with Crippen LogP contribution in [0.1, 0.15) is 17.4 Å². The lowest BCUT2D eigenvalue weighted by Gasteiger charge is -2.07. The second-order valence-electron chi connectivity index (χ2n) is 2.50. The van der Waals surface area contributed by atoms with E-state index in [-0.39, 0.29) is 11.7 Å². The number of carbonyl (C=O) groups is 1. The number of aromatic carboxylic acids is 1. The summed E-state index contributed by atoms with van der Waals surface area (Å²) >= 11 is 1.27. The number of aromatic nitrogens is 1. The van der Waals surface area contributed by atoms with E-state index in [1.165, 1.54) is 16.8 Å². The van der Waals surface area contributed by atoms with Crippen molar-refractivity contribution >= 4 is 22.3 Å². The van der Waals surface area contributed by atoms with Gasteiger partial charge in [0.1, 0.15) is 5.00 Å². The van der Waals surface area contributed by atoms with Gasteiger partial charge in [-0.3, -0.25) is 0 Å². The van der Waals surface area contributed by atoms with Gasteiger partial charge in [0, 0.05) is 6.04 Å². The first-order valence-corrected chi connectivity index (χ1v) is 4.59. The molecule has 4 nitrogen and oxygen atoms in total. The van der Waals surface area contributed by atoms with E-state index in [0.717, 1.165) is 0 Å². The standard InChI is InChI=1S/C8H10N2O2S/c1-3-5(2)10-7-6(8(11)12)9-4-13-7/h3-5,10H,1H2,2H3,(H,11,12).